The fourth-order valence-electron chi connectivity index (χ4n) is 6.05. The first kappa shape index (κ1) is 29.3. The molecule has 1 atom stereocenters. The number of ether oxygens (including phenoxy) is 1. The summed E-state index contributed by atoms with van der Waals surface area (Å²) in [5.74, 6) is 1.76. The third-order valence-corrected chi connectivity index (χ3v) is 8.79. The maximum absolute atomic E-state index is 13.6. The molecule has 218 valence electrons. The van der Waals surface area contributed by atoms with Crippen LogP contribution in [-0.2, 0) is 17.9 Å². The van der Waals surface area contributed by atoms with Gasteiger partial charge in [-0.15, -0.1) is 0 Å². The van der Waals surface area contributed by atoms with Crippen LogP contribution >= 0.6 is 11.6 Å². The molecule has 2 aliphatic rings. The third kappa shape index (κ3) is 7.98. The molecule has 1 aromatic heterocycles. The number of nitrogens with zero attached hydrogens (tertiary/aromatic N) is 5. The monoisotopic (exact) mass is 575 g/mol. The number of hydrogen-bond donors (Lipinski definition) is 0. The van der Waals surface area contributed by atoms with Gasteiger partial charge in [0.25, 0.3) is 0 Å². The lowest BCUT2D eigenvalue weighted by Crippen LogP contribution is -2.48. The summed E-state index contributed by atoms with van der Waals surface area (Å²) in [7, 11) is 1.90. The number of likely N-dealkylation sites (tertiary alicyclic amines) is 1. The van der Waals surface area contributed by atoms with Crippen LogP contribution < -0.4 is 9.64 Å². The van der Waals surface area contributed by atoms with E-state index in [1.807, 2.05) is 67.7 Å². The first-order chi connectivity index (χ1) is 19.9. The van der Waals surface area contributed by atoms with Gasteiger partial charge in [-0.2, -0.15) is 0 Å². The summed E-state index contributed by atoms with van der Waals surface area (Å²) in [6.45, 7) is 7.63. The number of halogens is 1. The Kier molecular flexibility index (Phi) is 9.78. The predicted molar refractivity (Wildman–Crippen MR) is 164 cm³/mol. The maximum Gasteiger partial charge on any atom is 0.225 e. The number of aryl methyl sites for hydroxylation is 1. The van der Waals surface area contributed by atoms with Crippen molar-refractivity contribution in [3.8, 4) is 5.75 Å². The Labute approximate surface area is 249 Å². The first-order valence-electron chi connectivity index (χ1n) is 14.8. The molecule has 0 bridgehead atoms. The average molecular weight is 576 g/mol. The van der Waals surface area contributed by atoms with Gasteiger partial charge in [-0.25, -0.2) is 9.97 Å². The molecule has 2 saturated heterocycles. The zero-order valence-electron chi connectivity index (χ0n) is 24.4. The van der Waals surface area contributed by atoms with Crippen LogP contribution in [0.15, 0.2) is 60.9 Å². The zero-order valence-corrected chi connectivity index (χ0v) is 25.2. The van der Waals surface area contributed by atoms with Gasteiger partial charge in [0.2, 0.25) is 11.9 Å². The van der Waals surface area contributed by atoms with Gasteiger partial charge in [-0.1, -0.05) is 41.9 Å². The Bertz CT molecular complexity index is 1280. The van der Waals surface area contributed by atoms with Gasteiger partial charge in [0, 0.05) is 74.6 Å². The van der Waals surface area contributed by atoms with Crippen molar-refractivity contribution in [2.75, 3.05) is 44.7 Å². The standard InChI is InChI=1S/C33H42ClN5O2/c1-26-18-29(12-13-30(26)34)41-25-33(19-31(40)37(2)22-27-10-5-3-6-11-27)14-9-15-38(24-33)23-28-20-35-32(36-21-28)39-16-7-4-8-17-39/h3,5-6,10-13,18,20-21H,4,7-9,14-17,19,22-25H2,1-2H3. The molecule has 41 heavy (non-hydrogen) atoms. The van der Waals surface area contributed by atoms with Gasteiger partial charge in [0.1, 0.15) is 5.75 Å². The summed E-state index contributed by atoms with van der Waals surface area (Å²) >= 11 is 6.25. The average Bonchev–Trinajstić information content (AvgIpc) is 2.99. The zero-order chi connectivity index (χ0) is 28.7. The van der Waals surface area contributed by atoms with E-state index in [1.165, 1.54) is 19.3 Å². The minimum Gasteiger partial charge on any atom is -0.493 e. The molecule has 7 nitrogen and oxygen atoms in total. The molecule has 2 fully saturated rings. The fourth-order valence-corrected chi connectivity index (χ4v) is 6.17. The Hall–Kier alpha value is -3.16. The third-order valence-electron chi connectivity index (χ3n) is 8.37. The molecule has 0 saturated carbocycles. The Balaban J connectivity index is 1.28. The van der Waals surface area contributed by atoms with Gasteiger partial charge in [-0.3, -0.25) is 9.69 Å². The van der Waals surface area contributed by atoms with Crippen molar-refractivity contribution >= 4 is 23.5 Å². The van der Waals surface area contributed by atoms with E-state index in [0.717, 1.165) is 79.0 Å². The highest BCUT2D eigenvalue weighted by atomic mass is 35.5. The predicted octanol–water partition coefficient (Wildman–Crippen LogP) is 6.14. The summed E-state index contributed by atoms with van der Waals surface area (Å²) < 4.78 is 6.38. The number of rotatable bonds is 10. The van der Waals surface area contributed by atoms with E-state index in [0.29, 0.717) is 19.6 Å². The van der Waals surface area contributed by atoms with Crippen molar-refractivity contribution in [1.29, 1.82) is 0 Å². The van der Waals surface area contributed by atoms with E-state index in [1.54, 1.807) is 0 Å². The number of piperidine rings is 2. The number of hydrogen-bond acceptors (Lipinski definition) is 6. The van der Waals surface area contributed by atoms with Crippen LogP contribution in [-0.4, -0.2) is 65.5 Å². The van der Waals surface area contributed by atoms with E-state index in [2.05, 4.69) is 21.9 Å². The van der Waals surface area contributed by atoms with Crippen molar-refractivity contribution in [3.63, 3.8) is 0 Å². The summed E-state index contributed by atoms with van der Waals surface area (Å²) in [4.78, 5) is 29.6. The number of carbonyl (C=O) groups is 1. The van der Waals surface area contributed by atoms with Gasteiger partial charge < -0.3 is 14.5 Å². The molecule has 0 N–H and O–H groups in total. The molecule has 0 spiro atoms. The minimum atomic E-state index is -0.303. The van der Waals surface area contributed by atoms with Crippen LogP contribution in [0.2, 0.25) is 5.02 Å². The number of aromatic nitrogens is 2. The second kappa shape index (κ2) is 13.7. The van der Waals surface area contributed by atoms with Crippen LogP contribution in [0.1, 0.15) is 55.2 Å². The highest BCUT2D eigenvalue weighted by Gasteiger charge is 2.39. The van der Waals surface area contributed by atoms with Crippen LogP contribution in [0.25, 0.3) is 0 Å². The smallest absolute Gasteiger partial charge is 0.225 e. The molecule has 0 aliphatic carbocycles. The second-order valence-electron chi connectivity index (χ2n) is 11.9. The van der Waals surface area contributed by atoms with Crippen molar-refractivity contribution in [2.45, 2.75) is 58.5 Å². The topological polar surface area (TPSA) is 61.8 Å². The summed E-state index contributed by atoms with van der Waals surface area (Å²) in [5, 5.41) is 0.724. The molecular weight excluding hydrogens is 534 g/mol. The summed E-state index contributed by atoms with van der Waals surface area (Å²) in [6.07, 6.45) is 10.0. The van der Waals surface area contributed by atoms with Gasteiger partial charge in [-0.05, 0) is 74.9 Å². The second-order valence-corrected chi connectivity index (χ2v) is 12.3. The minimum absolute atomic E-state index is 0.140. The van der Waals surface area contributed by atoms with Crippen LogP contribution in [0.3, 0.4) is 0 Å². The van der Waals surface area contributed by atoms with Gasteiger partial charge >= 0.3 is 0 Å². The molecular formula is C33H42ClN5O2. The Morgan fingerprint density at radius 3 is 2.49 bits per heavy atom. The largest absolute Gasteiger partial charge is 0.493 e. The molecule has 8 heteroatoms. The molecule has 5 rings (SSSR count). The number of amides is 1. The highest BCUT2D eigenvalue weighted by molar-refractivity contribution is 6.31. The molecule has 3 heterocycles. The first-order valence-corrected chi connectivity index (χ1v) is 15.2. The maximum atomic E-state index is 13.6. The normalized spacial score (nSPS) is 19.6. The van der Waals surface area contributed by atoms with Crippen LogP contribution in [0, 0.1) is 12.3 Å². The lowest BCUT2D eigenvalue weighted by molar-refractivity contribution is -0.135. The lowest BCUT2D eigenvalue weighted by atomic mass is 9.77. The number of anilines is 1. The number of benzene rings is 2. The Morgan fingerprint density at radius 1 is 1.00 bits per heavy atom. The van der Waals surface area contributed by atoms with E-state index >= 15 is 0 Å². The summed E-state index contributed by atoms with van der Waals surface area (Å²) in [6, 6.07) is 15.9. The van der Waals surface area contributed by atoms with E-state index in [4.69, 9.17) is 26.3 Å². The molecule has 1 amide bonds. The highest BCUT2D eigenvalue weighted by Crippen LogP contribution is 2.36. The van der Waals surface area contributed by atoms with Crippen LogP contribution in [0.4, 0.5) is 5.95 Å². The van der Waals surface area contributed by atoms with E-state index in [9.17, 15) is 4.79 Å². The van der Waals surface area contributed by atoms with Gasteiger partial charge in [0.15, 0.2) is 0 Å². The molecule has 3 aromatic rings. The fraction of sp³-hybridized carbons (Fsp3) is 0.485. The SMILES string of the molecule is Cc1cc(OCC2(CC(=O)N(C)Cc3ccccc3)CCCN(Cc3cnc(N4CCCCC4)nc3)C2)ccc1Cl. The molecule has 1 unspecified atom stereocenters. The van der Waals surface area contributed by atoms with Crippen LogP contribution in [0.5, 0.6) is 5.75 Å². The quantitative estimate of drug-likeness (QED) is 0.289. The van der Waals surface area contributed by atoms with E-state index in [-0.39, 0.29) is 11.3 Å². The molecule has 0 radical (unpaired) electrons. The van der Waals surface area contributed by atoms with Crippen molar-refractivity contribution in [3.05, 3.63) is 82.6 Å². The van der Waals surface area contributed by atoms with Crippen molar-refractivity contribution < 1.29 is 9.53 Å². The number of carbonyl (C=O) groups excluding carboxylic acids is 1. The van der Waals surface area contributed by atoms with Crippen molar-refractivity contribution in [2.24, 2.45) is 5.41 Å². The van der Waals surface area contributed by atoms with E-state index < -0.39 is 0 Å². The molecule has 2 aromatic carbocycles. The molecule has 2 aliphatic heterocycles. The van der Waals surface area contributed by atoms with Gasteiger partial charge in [0.05, 0.1) is 6.61 Å². The lowest BCUT2D eigenvalue weighted by Gasteiger charge is -2.43. The summed E-state index contributed by atoms with van der Waals surface area (Å²) in [5.41, 5.74) is 2.91. The van der Waals surface area contributed by atoms with Crippen molar-refractivity contribution in [1.82, 2.24) is 19.8 Å². The Morgan fingerprint density at radius 2 is 1.76 bits per heavy atom.